The van der Waals surface area contributed by atoms with E-state index in [2.05, 4.69) is 4.74 Å². The maximum absolute atomic E-state index is 11.2. The molecule has 1 heterocycles. The zero-order chi connectivity index (χ0) is 9.84. The minimum absolute atomic E-state index is 0.403. The topological polar surface area (TPSA) is 63.6 Å². The fourth-order valence-corrected chi connectivity index (χ4v) is 2.63. The van der Waals surface area contributed by atoms with Crippen molar-refractivity contribution in [1.82, 2.24) is 0 Å². The number of hydrogen-bond acceptors (Lipinski definition) is 4. The number of rotatable bonds is 2. The zero-order valence-electron chi connectivity index (χ0n) is 7.36. The third kappa shape index (κ3) is 2.37. The fraction of sp³-hybridized carbons (Fsp3) is 0.750. The number of hydrogen-bond donors (Lipinski definition) is 1. The molecular weight excluding hydrogens is 192 g/mol. The van der Waals surface area contributed by atoms with Crippen molar-refractivity contribution >= 4 is 23.7 Å². The lowest BCUT2D eigenvalue weighted by Gasteiger charge is -2.25. The highest BCUT2D eigenvalue weighted by Gasteiger charge is 2.36. The number of esters is 1. The lowest BCUT2D eigenvalue weighted by atomic mass is 9.91. The van der Waals surface area contributed by atoms with Crippen LogP contribution in [0, 0.1) is 11.8 Å². The van der Waals surface area contributed by atoms with Crippen molar-refractivity contribution in [1.29, 1.82) is 0 Å². The number of carboxylic acids is 1. The molecule has 1 aliphatic rings. The van der Waals surface area contributed by atoms with Gasteiger partial charge in [0, 0.05) is 5.75 Å². The van der Waals surface area contributed by atoms with Gasteiger partial charge in [-0.05, 0) is 12.2 Å². The average Bonchev–Trinajstić information content (AvgIpc) is 2.16. The van der Waals surface area contributed by atoms with Gasteiger partial charge in [-0.2, -0.15) is 11.8 Å². The van der Waals surface area contributed by atoms with Crippen molar-refractivity contribution in [2.45, 2.75) is 6.42 Å². The van der Waals surface area contributed by atoms with E-state index in [-0.39, 0.29) is 0 Å². The van der Waals surface area contributed by atoms with Gasteiger partial charge in [-0.25, -0.2) is 0 Å². The second-order valence-electron chi connectivity index (χ2n) is 2.94. The molecule has 0 aromatic carbocycles. The number of aliphatic carboxylic acids is 1. The van der Waals surface area contributed by atoms with E-state index in [4.69, 9.17) is 5.11 Å². The van der Waals surface area contributed by atoms with Gasteiger partial charge in [0.05, 0.1) is 18.9 Å². The molecule has 0 aromatic heterocycles. The zero-order valence-corrected chi connectivity index (χ0v) is 8.17. The first-order chi connectivity index (χ1) is 6.16. The lowest BCUT2D eigenvalue weighted by molar-refractivity contribution is -0.155. The summed E-state index contributed by atoms with van der Waals surface area (Å²) in [5, 5.41) is 8.84. The number of carboxylic acid groups (broad SMARTS) is 1. The Kier molecular flexibility index (Phi) is 3.59. The van der Waals surface area contributed by atoms with Gasteiger partial charge in [0.1, 0.15) is 0 Å². The Bertz CT molecular complexity index is 216. The van der Waals surface area contributed by atoms with Crippen molar-refractivity contribution in [3.05, 3.63) is 0 Å². The minimum atomic E-state index is -0.893. The normalized spacial score (nSPS) is 28.1. The summed E-state index contributed by atoms with van der Waals surface area (Å²) < 4.78 is 4.55. The van der Waals surface area contributed by atoms with Gasteiger partial charge >= 0.3 is 11.9 Å². The van der Waals surface area contributed by atoms with E-state index < -0.39 is 23.8 Å². The summed E-state index contributed by atoms with van der Waals surface area (Å²) in [5.41, 5.74) is 0. The van der Waals surface area contributed by atoms with E-state index in [0.29, 0.717) is 12.2 Å². The standard InChI is InChI=1S/C8H12O4S/c1-12-8(11)6-4-13-3-2-5(6)7(9)10/h5-6H,2-4H2,1H3,(H,9,10)/t5-,6-/m1/s1. The van der Waals surface area contributed by atoms with Gasteiger partial charge in [0.2, 0.25) is 0 Å². The van der Waals surface area contributed by atoms with E-state index in [0.717, 1.165) is 5.75 Å². The van der Waals surface area contributed by atoms with Crippen molar-refractivity contribution in [2.75, 3.05) is 18.6 Å². The number of ether oxygens (including phenoxy) is 1. The van der Waals surface area contributed by atoms with E-state index in [1.807, 2.05) is 0 Å². The molecule has 74 valence electrons. The SMILES string of the molecule is COC(=O)[C@@H]1CSCC[C@H]1C(=O)O. The molecule has 1 saturated heterocycles. The highest BCUT2D eigenvalue weighted by molar-refractivity contribution is 7.99. The van der Waals surface area contributed by atoms with Gasteiger partial charge < -0.3 is 9.84 Å². The molecule has 13 heavy (non-hydrogen) atoms. The fourth-order valence-electron chi connectivity index (χ4n) is 1.42. The van der Waals surface area contributed by atoms with Crippen LogP contribution in [0.15, 0.2) is 0 Å². The maximum atomic E-state index is 11.2. The molecule has 0 saturated carbocycles. The Balaban J connectivity index is 2.67. The Hall–Kier alpha value is -0.710. The summed E-state index contributed by atoms with van der Waals surface area (Å²) in [6.07, 6.45) is 0.555. The van der Waals surface area contributed by atoms with Crippen LogP contribution in [0.5, 0.6) is 0 Å². The molecule has 0 radical (unpaired) electrons. The number of thioether (sulfide) groups is 1. The minimum Gasteiger partial charge on any atom is -0.481 e. The predicted molar refractivity (Wildman–Crippen MR) is 48.6 cm³/mol. The highest BCUT2D eigenvalue weighted by atomic mass is 32.2. The second kappa shape index (κ2) is 4.50. The van der Waals surface area contributed by atoms with Crippen LogP contribution in [0.4, 0.5) is 0 Å². The summed E-state index contributed by atoms with van der Waals surface area (Å²) in [5.74, 6) is -0.959. The molecule has 0 aliphatic carbocycles. The summed E-state index contributed by atoms with van der Waals surface area (Å²) in [4.78, 5) is 22.0. The van der Waals surface area contributed by atoms with Crippen LogP contribution in [0.25, 0.3) is 0 Å². The van der Waals surface area contributed by atoms with Crippen LogP contribution < -0.4 is 0 Å². The number of carbonyl (C=O) groups is 2. The van der Waals surface area contributed by atoms with Crippen molar-refractivity contribution < 1.29 is 19.4 Å². The van der Waals surface area contributed by atoms with E-state index in [9.17, 15) is 9.59 Å². The van der Waals surface area contributed by atoms with E-state index >= 15 is 0 Å². The highest BCUT2D eigenvalue weighted by Crippen LogP contribution is 2.29. The molecular formula is C8H12O4S. The van der Waals surface area contributed by atoms with Crippen LogP contribution in [0.3, 0.4) is 0 Å². The quantitative estimate of drug-likeness (QED) is 0.668. The van der Waals surface area contributed by atoms with Gasteiger partial charge in [0.25, 0.3) is 0 Å². The Morgan fingerprint density at radius 2 is 2.15 bits per heavy atom. The molecule has 0 aromatic rings. The summed E-state index contributed by atoms with van der Waals surface area (Å²) in [6, 6.07) is 0. The first-order valence-corrected chi connectivity index (χ1v) is 5.20. The average molecular weight is 204 g/mol. The second-order valence-corrected chi connectivity index (χ2v) is 4.09. The molecule has 0 unspecified atom stereocenters. The molecule has 4 nitrogen and oxygen atoms in total. The third-order valence-electron chi connectivity index (χ3n) is 2.18. The van der Waals surface area contributed by atoms with Crippen LogP contribution in [-0.2, 0) is 14.3 Å². The molecule has 2 atom stereocenters. The van der Waals surface area contributed by atoms with E-state index in [1.54, 1.807) is 11.8 Å². The van der Waals surface area contributed by atoms with Crippen molar-refractivity contribution in [3.63, 3.8) is 0 Å². The van der Waals surface area contributed by atoms with Gasteiger partial charge in [-0.15, -0.1) is 0 Å². The lowest BCUT2D eigenvalue weighted by Crippen LogP contribution is -2.35. The monoisotopic (exact) mass is 204 g/mol. The summed E-state index contributed by atoms with van der Waals surface area (Å²) in [6.45, 7) is 0. The van der Waals surface area contributed by atoms with Crippen LogP contribution in [0.1, 0.15) is 6.42 Å². The number of carbonyl (C=O) groups excluding carboxylic acids is 1. The molecule has 5 heteroatoms. The van der Waals surface area contributed by atoms with Crippen molar-refractivity contribution in [3.8, 4) is 0 Å². The van der Waals surface area contributed by atoms with Gasteiger partial charge in [-0.1, -0.05) is 0 Å². The first kappa shape index (κ1) is 10.4. The predicted octanol–water partition coefficient (Wildman–Crippen LogP) is 0.613. The molecule has 1 rings (SSSR count). The molecule has 0 bridgehead atoms. The Morgan fingerprint density at radius 3 is 2.69 bits per heavy atom. The van der Waals surface area contributed by atoms with Gasteiger partial charge in [0.15, 0.2) is 0 Å². The molecule has 1 fully saturated rings. The van der Waals surface area contributed by atoms with Crippen molar-refractivity contribution in [2.24, 2.45) is 11.8 Å². The number of methoxy groups -OCH3 is 1. The molecule has 1 N–H and O–H groups in total. The van der Waals surface area contributed by atoms with Gasteiger partial charge in [-0.3, -0.25) is 9.59 Å². The summed E-state index contributed by atoms with van der Waals surface area (Å²) >= 11 is 1.60. The van der Waals surface area contributed by atoms with E-state index in [1.165, 1.54) is 7.11 Å². The first-order valence-electron chi connectivity index (χ1n) is 4.05. The van der Waals surface area contributed by atoms with Crippen LogP contribution in [-0.4, -0.2) is 35.7 Å². The van der Waals surface area contributed by atoms with Crippen LogP contribution in [0.2, 0.25) is 0 Å². The largest absolute Gasteiger partial charge is 0.481 e. The molecule has 0 spiro atoms. The Labute approximate surface area is 80.6 Å². The Morgan fingerprint density at radius 1 is 1.46 bits per heavy atom. The maximum Gasteiger partial charge on any atom is 0.310 e. The summed E-state index contributed by atoms with van der Waals surface area (Å²) in [7, 11) is 1.29. The molecule has 1 aliphatic heterocycles. The smallest absolute Gasteiger partial charge is 0.310 e. The third-order valence-corrected chi connectivity index (χ3v) is 3.30. The van der Waals surface area contributed by atoms with Crippen LogP contribution >= 0.6 is 11.8 Å². The molecule has 0 amide bonds.